The fourth-order valence-corrected chi connectivity index (χ4v) is 3.06. The highest BCUT2D eigenvalue weighted by atomic mass is 16.5. The maximum atomic E-state index is 13.1. The van der Waals surface area contributed by atoms with Gasteiger partial charge in [0.1, 0.15) is 11.8 Å². The molecule has 5 heteroatoms. The van der Waals surface area contributed by atoms with E-state index >= 15 is 0 Å². The van der Waals surface area contributed by atoms with Gasteiger partial charge in [-0.25, -0.2) is 0 Å². The van der Waals surface area contributed by atoms with Crippen LogP contribution in [-0.2, 0) is 22.6 Å². The van der Waals surface area contributed by atoms with E-state index in [0.29, 0.717) is 13.1 Å². The molecule has 0 aliphatic heterocycles. The molecule has 0 heterocycles. The van der Waals surface area contributed by atoms with Gasteiger partial charge in [-0.3, -0.25) is 9.59 Å². The quantitative estimate of drug-likeness (QED) is 0.761. The standard InChI is InChI=1S/C23H30N2O3/c1-6-24-23(27)18(4)25(15-20-8-7-9-21(13-20)28-5)22(26)14-19-11-10-16(2)17(3)12-19/h7-13,18H,6,14-15H2,1-5H3,(H,24,27)/t18-/m1/s1. The highest BCUT2D eigenvalue weighted by molar-refractivity contribution is 5.88. The summed E-state index contributed by atoms with van der Waals surface area (Å²) in [7, 11) is 1.61. The number of nitrogens with one attached hydrogen (secondary N) is 1. The molecule has 2 aromatic carbocycles. The van der Waals surface area contributed by atoms with Gasteiger partial charge in [-0.15, -0.1) is 0 Å². The Hall–Kier alpha value is -2.82. The highest BCUT2D eigenvalue weighted by Crippen LogP contribution is 2.18. The van der Waals surface area contributed by atoms with Gasteiger partial charge in [-0.1, -0.05) is 30.3 Å². The number of aryl methyl sites for hydroxylation is 2. The topological polar surface area (TPSA) is 58.6 Å². The average Bonchev–Trinajstić information content (AvgIpc) is 2.68. The third kappa shape index (κ3) is 5.59. The lowest BCUT2D eigenvalue weighted by atomic mass is 10.0. The molecule has 2 amide bonds. The Kier molecular flexibility index (Phi) is 7.61. The molecule has 1 atom stereocenters. The molecule has 0 aliphatic rings. The summed E-state index contributed by atoms with van der Waals surface area (Å²) in [6.45, 7) is 8.60. The molecule has 0 aliphatic carbocycles. The van der Waals surface area contributed by atoms with Crippen LogP contribution in [-0.4, -0.2) is 36.4 Å². The van der Waals surface area contributed by atoms with Crippen LogP contribution >= 0.6 is 0 Å². The van der Waals surface area contributed by atoms with Crippen molar-refractivity contribution in [1.29, 1.82) is 0 Å². The molecule has 0 aromatic heterocycles. The summed E-state index contributed by atoms with van der Waals surface area (Å²) < 4.78 is 5.28. The van der Waals surface area contributed by atoms with Crippen molar-refractivity contribution in [3.05, 3.63) is 64.7 Å². The molecule has 0 spiro atoms. The van der Waals surface area contributed by atoms with Crippen LogP contribution in [0.1, 0.15) is 36.1 Å². The van der Waals surface area contributed by atoms with Gasteiger partial charge < -0.3 is 15.0 Å². The Morgan fingerprint density at radius 1 is 1.07 bits per heavy atom. The van der Waals surface area contributed by atoms with Crippen LogP contribution in [0.15, 0.2) is 42.5 Å². The molecule has 0 saturated heterocycles. The van der Waals surface area contributed by atoms with Crippen molar-refractivity contribution in [3.63, 3.8) is 0 Å². The van der Waals surface area contributed by atoms with Crippen LogP contribution in [0.3, 0.4) is 0 Å². The van der Waals surface area contributed by atoms with Crippen molar-refractivity contribution in [3.8, 4) is 5.75 Å². The van der Waals surface area contributed by atoms with Gasteiger partial charge in [0.25, 0.3) is 0 Å². The number of rotatable bonds is 8. The fraction of sp³-hybridized carbons (Fsp3) is 0.391. The third-order valence-corrected chi connectivity index (χ3v) is 4.93. The van der Waals surface area contributed by atoms with E-state index in [1.807, 2.05) is 63.2 Å². The maximum Gasteiger partial charge on any atom is 0.242 e. The fourth-order valence-electron chi connectivity index (χ4n) is 3.06. The third-order valence-electron chi connectivity index (χ3n) is 4.93. The minimum absolute atomic E-state index is 0.0789. The lowest BCUT2D eigenvalue weighted by Gasteiger charge is -2.29. The second-order valence-corrected chi connectivity index (χ2v) is 7.04. The van der Waals surface area contributed by atoms with Crippen LogP contribution < -0.4 is 10.1 Å². The largest absolute Gasteiger partial charge is 0.497 e. The van der Waals surface area contributed by atoms with Gasteiger partial charge >= 0.3 is 0 Å². The first-order chi connectivity index (χ1) is 13.3. The molecule has 28 heavy (non-hydrogen) atoms. The zero-order chi connectivity index (χ0) is 20.7. The van der Waals surface area contributed by atoms with Gasteiger partial charge in [0.15, 0.2) is 0 Å². The van der Waals surface area contributed by atoms with E-state index in [1.165, 1.54) is 5.56 Å². The number of carbonyl (C=O) groups is 2. The predicted octanol–water partition coefficient (Wildman–Crippen LogP) is 3.41. The molecule has 2 aromatic rings. The minimum atomic E-state index is -0.565. The van der Waals surface area contributed by atoms with E-state index in [-0.39, 0.29) is 18.2 Å². The van der Waals surface area contributed by atoms with Crippen molar-refractivity contribution in [2.24, 2.45) is 0 Å². The first kappa shape index (κ1) is 21.5. The van der Waals surface area contributed by atoms with Crippen LogP contribution in [0.2, 0.25) is 0 Å². The summed E-state index contributed by atoms with van der Waals surface area (Å²) in [5.41, 5.74) is 4.22. The summed E-state index contributed by atoms with van der Waals surface area (Å²) in [5, 5.41) is 2.81. The number of likely N-dealkylation sites (N-methyl/N-ethyl adjacent to an activating group) is 1. The Labute approximate surface area is 167 Å². The Morgan fingerprint density at radius 3 is 2.46 bits per heavy atom. The summed E-state index contributed by atoms with van der Waals surface area (Å²) >= 11 is 0. The lowest BCUT2D eigenvalue weighted by molar-refractivity contribution is -0.140. The molecule has 0 radical (unpaired) electrons. The number of amides is 2. The summed E-state index contributed by atoms with van der Waals surface area (Å²) in [6.07, 6.45) is 0.259. The molecule has 150 valence electrons. The summed E-state index contributed by atoms with van der Waals surface area (Å²) in [4.78, 5) is 27.2. The van der Waals surface area contributed by atoms with Gasteiger partial charge in [-0.2, -0.15) is 0 Å². The summed E-state index contributed by atoms with van der Waals surface area (Å²) in [6, 6.07) is 13.0. The Balaban J connectivity index is 2.26. The van der Waals surface area contributed by atoms with E-state index in [9.17, 15) is 9.59 Å². The Morgan fingerprint density at radius 2 is 1.82 bits per heavy atom. The van der Waals surface area contributed by atoms with E-state index in [1.54, 1.807) is 18.9 Å². The van der Waals surface area contributed by atoms with Crippen LogP contribution in [0, 0.1) is 13.8 Å². The monoisotopic (exact) mass is 382 g/mol. The maximum absolute atomic E-state index is 13.1. The molecule has 0 bridgehead atoms. The van der Waals surface area contributed by atoms with E-state index in [2.05, 4.69) is 5.32 Å². The van der Waals surface area contributed by atoms with Gasteiger partial charge in [-0.05, 0) is 62.1 Å². The lowest BCUT2D eigenvalue weighted by Crippen LogP contribution is -2.48. The molecule has 1 N–H and O–H groups in total. The number of ether oxygens (including phenoxy) is 1. The number of methoxy groups -OCH3 is 1. The SMILES string of the molecule is CCNC(=O)[C@@H](C)N(Cc1cccc(OC)c1)C(=O)Cc1ccc(C)c(C)c1. The van der Waals surface area contributed by atoms with E-state index < -0.39 is 6.04 Å². The van der Waals surface area contributed by atoms with Crippen molar-refractivity contribution in [1.82, 2.24) is 10.2 Å². The number of benzene rings is 2. The molecular weight excluding hydrogens is 352 g/mol. The molecule has 5 nitrogen and oxygen atoms in total. The summed E-state index contributed by atoms with van der Waals surface area (Å²) in [5.74, 6) is 0.494. The number of hydrogen-bond acceptors (Lipinski definition) is 3. The van der Waals surface area contributed by atoms with E-state index in [4.69, 9.17) is 4.74 Å². The molecular formula is C23H30N2O3. The van der Waals surface area contributed by atoms with Crippen LogP contribution in [0.5, 0.6) is 5.75 Å². The average molecular weight is 383 g/mol. The molecule has 2 rings (SSSR count). The van der Waals surface area contributed by atoms with Crippen LogP contribution in [0.4, 0.5) is 0 Å². The van der Waals surface area contributed by atoms with Crippen molar-refractivity contribution in [2.45, 2.75) is 46.7 Å². The van der Waals surface area contributed by atoms with Crippen molar-refractivity contribution in [2.75, 3.05) is 13.7 Å². The number of carbonyl (C=O) groups excluding carboxylic acids is 2. The molecule has 0 unspecified atom stereocenters. The van der Waals surface area contributed by atoms with E-state index in [0.717, 1.165) is 22.4 Å². The van der Waals surface area contributed by atoms with Gasteiger partial charge in [0.05, 0.1) is 13.5 Å². The normalized spacial score (nSPS) is 11.6. The first-order valence-electron chi connectivity index (χ1n) is 9.62. The minimum Gasteiger partial charge on any atom is -0.497 e. The highest BCUT2D eigenvalue weighted by Gasteiger charge is 2.26. The first-order valence-corrected chi connectivity index (χ1v) is 9.62. The second-order valence-electron chi connectivity index (χ2n) is 7.04. The second kappa shape index (κ2) is 9.93. The zero-order valence-corrected chi connectivity index (χ0v) is 17.4. The number of hydrogen-bond donors (Lipinski definition) is 1. The zero-order valence-electron chi connectivity index (χ0n) is 17.4. The van der Waals surface area contributed by atoms with Gasteiger partial charge in [0.2, 0.25) is 11.8 Å². The van der Waals surface area contributed by atoms with Crippen molar-refractivity contribution >= 4 is 11.8 Å². The van der Waals surface area contributed by atoms with Crippen molar-refractivity contribution < 1.29 is 14.3 Å². The predicted molar refractivity (Wildman–Crippen MR) is 111 cm³/mol. The smallest absolute Gasteiger partial charge is 0.242 e. The molecule has 0 fully saturated rings. The number of nitrogens with zero attached hydrogens (tertiary/aromatic N) is 1. The molecule has 0 saturated carbocycles. The Bertz CT molecular complexity index is 832. The van der Waals surface area contributed by atoms with Crippen LogP contribution in [0.25, 0.3) is 0 Å². The van der Waals surface area contributed by atoms with Gasteiger partial charge in [0, 0.05) is 13.1 Å².